The van der Waals surface area contributed by atoms with Crippen LogP contribution < -0.4 is 5.32 Å². The number of hydrogen-bond donors (Lipinski definition) is 1. The van der Waals surface area contributed by atoms with Crippen molar-refractivity contribution in [1.82, 2.24) is 5.32 Å². The van der Waals surface area contributed by atoms with E-state index in [0.29, 0.717) is 12.2 Å². The molecule has 1 saturated heterocycles. The van der Waals surface area contributed by atoms with Gasteiger partial charge in [0, 0.05) is 24.1 Å². The van der Waals surface area contributed by atoms with Crippen molar-refractivity contribution in [3.8, 4) is 0 Å². The van der Waals surface area contributed by atoms with Crippen LogP contribution in [0.4, 0.5) is 8.78 Å². The molecule has 0 amide bonds. The molecule has 0 radical (unpaired) electrons. The Morgan fingerprint density at radius 2 is 2.28 bits per heavy atom. The maximum atomic E-state index is 13.9. The van der Waals surface area contributed by atoms with Crippen LogP contribution in [0.2, 0.25) is 0 Å². The van der Waals surface area contributed by atoms with Crippen molar-refractivity contribution in [2.75, 3.05) is 19.8 Å². The summed E-state index contributed by atoms with van der Waals surface area (Å²) in [6.45, 7) is 4.06. The molecular formula is C14H19F2NO. The molecule has 1 aromatic carbocycles. The number of ether oxygens (including phenoxy) is 1. The summed E-state index contributed by atoms with van der Waals surface area (Å²) in [5.41, 5.74) is 0.410. The van der Waals surface area contributed by atoms with Crippen LogP contribution in [0, 0.1) is 17.6 Å². The van der Waals surface area contributed by atoms with Gasteiger partial charge in [-0.05, 0) is 37.6 Å². The second-order valence-corrected chi connectivity index (χ2v) is 4.68. The molecule has 0 spiro atoms. The summed E-state index contributed by atoms with van der Waals surface area (Å²) in [5, 5.41) is 3.25. The first-order valence-corrected chi connectivity index (χ1v) is 6.48. The van der Waals surface area contributed by atoms with Gasteiger partial charge in [-0.3, -0.25) is 0 Å². The highest BCUT2D eigenvalue weighted by molar-refractivity contribution is 5.23. The Labute approximate surface area is 106 Å². The summed E-state index contributed by atoms with van der Waals surface area (Å²) < 4.78 is 32.6. The molecule has 1 heterocycles. The average molecular weight is 255 g/mol. The van der Waals surface area contributed by atoms with Crippen LogP contribution in [0.3, 0.4) is 0 Å². The number of rotatable bonds is 4. The molecular weight excluding hydrogens is 236 g/mol. The zero-order valence-corrected chi connectivity index (χ0v) is 10.6. The summed E-state index contributed by atoms with van der Waals surface area (Å²) in [6, 6.07) is 3.46. The molecule has 4 heteroatoms. The molecule has 0 aromatic heterocycles. The van der Waals surface area contributed by atoms with Gasteiger partial charge >= 0.3 is 0 Å². The SMILES string of the molecule is CCNC(c1cc(F)ccc1F)C1CCCOC1. The lowest BCUT2D eigenvalue weighted by Crippen LogP contribution is -2.34. The van der Waals surface area contributed by atoms with Crippen molar-refractivity contribution in [1.29, 1.82) is 0 Å². The van der Waals surface area contributed by atoms with Gasteiger partial charge < -0.3 is 10.1 Å². The van der Waals surface area contributed by atoms with Gasteiger partial charge in [0.25, 0.3) is 0 Å². The van der Waals surface area contributed by atoms with E-state index in [2.05, 4.69) is 5.32 Å². The smallest absolute Gasteiger partial charge is 0.128 e. The van der Waals surface area contributed by atoms with E-state index in [1.54, 1.807) is 0 Å². The van der Waals surface area contributed by atoms with Crippen molar-refractivity contribution in [2.24, 2.45) is 5.92 Å². The molecule has 0 aliphatic carbocycles. The van der Waals surface area contributed by atoms with Crippen LogP contribution in [-0.2, 0) is 4.74 Å². The quantitative estimate of drug-likeness (QED) is 0.893. The molecule has 2 rings (SSSR count). The lowest BCUT2D eigenvalue weighted by atomic mass is 9.88. The first kappa shape index (κ1) is 13.4. The second-order valence-electron chi connectivity index (χ2n) is 4.68. The zero-order chi connectivity index (χ0) is 13.0. The Morgan fingerprint density at radius 3 is 2.94 bits per heavy atom. The van der Waals surface area contributed by atoms with E-state index in [1.165, 1.54) is 12.1 Å². The normalized spacial score (nSPS) is 21.8. The van der Waals surface area contributed by atoms with Crippen molar-refractivity contribution in [3.63, 3.8) is 0 Å². The van der Waals surface area contributed by atoms with Crippen molar-refractivity contribution >= 4 is 0 Å². The zero-order valence-electron chi connectivity index (χ0n) is 10.6. The first-order chi connectivity index (χ1) is 8.72. The van der Waals surface area contributed by atoms with Crippen molar-refractivity contribution < 1.29 is 13.5 Å². The van der Waals surface area contributed by atoms with Crippen molar-refractivity contribution in [3.05, 3.63) is 35.4 Å². The van der Waals surface area contributed by atoms with E-state index in [9.17, 15) is 8.78 Å². The van der Waals surface area contributed by atoms with Gasteiger partial charge in [-0.25, -0.2) is 8.78 Å². The lowest BCUT2D eigenvalue weighted by molar-refractivity contribution is 0.0387. The minimum absolute atomic E-state index is 0.175. The highest BCUT2D eigenvalue weighted by Crippen LogP contribution is 2.30. The molecule has 0 saturated carbocycles. The topological polar surface area (TPSA) is 21.3 Å². The van der Waals surface area contributed by atoms with Gasteiger partial charge in [0.1, 0.15) is 11.6 Å². The average Bonchev–Trinajstić information content (AvgIpc) is 2.40. The highest BCUT2D eigenvalue weighted by Gasteiger charge is 2.27. The largest absolute Gasteiger partial charge is 0.381 e. The van der Waals surface area contributed by atoms with Gasteiger partial charge in [-0.2, -0.15) is 0 Å². The van der Waals surface area contributed by atoms with Crippen LogP contribution in [-0.4, -0.2) is 19.8 Å². The minimum atomic E-state index is -0.397. The van der Waals surface area contributed by atoms with E-state index < -0.39 is 5.82 Å². The monoisotopic (exact) mass is 255 g/mol. The fourth-order valence-electron chi connectivity index (χ4n) is 2.53. The summed E-state index contributed by atoms with van der Waals surface area (Å²) in [4.78, 5) is 0. The molecule has 1 aliphatic heterocycles. The summed E-state index contributed by atoms with van der Waals surface area (Å²) in [6.07, 6.45) is 1.96. The fraction of sp³-hybridized carbons (Fsp3) is 0.571. The molecule has 2 nitrogen and oxygen atoms in total. The first-order valence-electron chi connectivity index (χ1n) is 6.48. The highest BCUT2D eigenvalue weighted by atomic mass is 19.1. The van der Waals surface area contributed by atoms with Gasteiger partial charge in [-0.15, -0.1) is 0 Å². The van der Waals surface area contributed by atoms with E-state index in [1.807, 2.05) is 6.92 Å². The van der Waals surface area contributed by atoms with Gasteiger partial charge in [0.2, 0.25) is 0 Å². The number of hydrogen-bond acceptors (Lipinski definition) is 2. The van der Waals surface area contributed by atoms with Crippen LogP contribution in [0.15, 0.2) is 18.2 Å². The standard InChI is InChI=1S/C14H19F2NO/c1-2-17-14(10-4-3-7-18-9-10)12-8-11(15)5-6-13(12)16/h5-6,8,10,14,17H,2-4,7,9H2,1H3. The third kappa shape index (κ3) is 3.06. The molecule has 2 unspecified atom stereocenters. The molecule has 100 valence electrons. The Morgan fingerprint density at radius 1 is 1.44 bits per heavy atom. The van der Waals surface area contributed by atoms with Crippen molar-refractivity contribution in [2.45, 2.75) is 25.8 Å². The lowest BCUT2D eigenvalue weighted by Gasteiger charge is -2.31. The third-order valence-corrected chi connectivity index (χ3v) is 3.38. The predicted molar refractivity (Wildman–Crippen MR) is 66.3 cm³/mol. The van der Waals surface area contributed by atoms with Gasteiger partial charge in [0.05, 0.1) is 6.61 Å². The predicted octanol–water partition coefficient (Wildman–Crippen LogP) is 3.04. The Hall–Kier alpha value is -1.00. The van der Waals surface area contributed by atoms with Crippen LogP contribution in [0.5, 0.6) is 0 Å². The fourth-order valence-corrected chi connectivity index (χ4v) is 2.53. The maximum Gasteiger partial charge on any atom is 0.128 e. The van der Waals surface area contributed by atoms with E-state index in [-0.39, 0.29) is 17.8 Å². The number of nitrogens with one attached hydrogen (secondary N) is 1. The maximum absolute atomic E-state index is 13.9. The van der Waals surface area contributed by atoms with Gasteiger partial charge in [0.15, 0.2) is 0 Å². The molecule has 1 fully saturated rings. The van der Waals surface area contributed by atoms with E-state index >= 15 is 0 Å². The van der Waals surface area contributed by atoms with Crippen LogP contribution in [0.25, 0.3) is 0 Å². The van der Waals surface area contributed by atoms with Gasteiger partial charge in [-0.1, -0.05) is 6.92 Å². The number of halogens is 2. The summed E-state index contributed by atoms with van der Waals surface area (Å²) in [7, 11) is 0. The minimum Gasteiger partial charge on any atom is -0.381 e. The molecule has 1 aliphatic rings. The molecule has 1 aromatic rings. The third-order valence-electron chi connectivity index (χ3n) is 3.38. The Kier molecular flexibility index (Phi) is 4.66. The molecule has 2 atom stereocenters. The van der Waals surface area contributed by atoms with E-state index in [4.69, 9.17) is 4.74 Å². The van der Waals surface area contributed by atoms with Crippen LogP contribution >= 0.6 is 0 Å². The Balaban J connectivity index is 2.24. The summed E-state index contributed by atoms with van der Waals surface area (Å²) in [5.74, 6) is -0.547. The number of benzene rings is 1. The molecule has 1 N–H and O–H groups in total. The summed E-state index contributed by atoms with van der Waals surface area (Å²) >= 11 is 0. The molecule has 0 bridgehead atoms. The van der Waals surface area contributed by atoms with E-state index in [0.717, 1.165) is 32.1 Å². The Bertz CT molecular complexity index is 391. The van der Waals surface area contributed by atoms with Crippen LogP contribution in [0.1, 0.15) is 31.4 Å². The second kappa shape index (κ2) is 6.25. The molecule has 18 heavy (non-hydrogen) atoms.